The summed E-state index contributed by atoms with van der Waals surface area (Å²) in [5, 5.41) is 0.133. The highest BCUT2D eigenvalue weighted by molar-refractivity contribution is 7.88. The monoisotopic (exact) mass is 425 g/mol. The number of sulfonamides is 1. The van der Waals surface area contributed by atoms with Gasteiger partial charge < -0.3 is 9.15 Å². The van der Waals surface area contributed by atoms with E-state index in [2.05, 4.69) is 4.98 Å². The fourth-order valence-corrected chi connectivity index (χ4v) is 4.44. The van der Waals surface area contributed by atoms with E-state index in [9.17, 15) is 18.0 Å². The first kappa shape index (κ1) is 20.2. The smallest absolute Gasteiger partial charge is 0.348 e. The molecule has 0 saturated heterocycles. The zero-order valence-corrected chi connectivity index (χ0v) is 17.4. The number of ether oxygens (including phenoxy) is 1. The van der Waals surface area contributed by atoms with Gasteiger partial charge in [0.25, 0.3) is 15.6 Å². The molecule has 0 N–H and O–H groups in total. The SMILES string of the molecule is CCOC(=O)c1sc2ncn(Cc3ccc(S(=O)(=O)N(C)C)o3)c(=O)c2c1C. The van der Waals surface area contributed by atoms with Crippen LogP contribution in [0.4, 0.5) is 0 Å². The summed E-state index contributed by atoms with van der Waals surface area (Å²) < 4.78 is 37.0. The maximum atomic E-state index is 12.9. The minimum Gasteiger partial charge on any atom is -0.462 e. The number of aromatic nitrogens is 2. The van der Waals surface area contributed by atoms with Gasteiger partial charge in [0.1, 0.15) is 15.5 Å². The lowest BCUT2D eigenvalue weighted by atomic mass is 10.2. The van der Waals surface area contributed by atoms with E-state index in [1.54, 1.807) is 13.8 Å². The van der Waals surface area contributed by atoms with Gasteiger partial charge in [0, 0.05) is 14.1 Å². The number of furan rings is 1. The summed E-state index contributed by atoms with van der Waals surface area (Å²) in [5.74, 6) is -0.194. The maximum absolute atomic E-state index is 12.9. The average Bonchev–Trinajstić information content (AvgIpc) is 3.23. The third-order valence-electron chi connectivity index (χ3n) is 4.08. The first-order chi connectivity index (χ1) is 13.2. The number of carbonyl (C=O) groups excluding carboxylic acids is 1. The van der Waals surface area contributed by atoms with Crippen molar-refractivity contribution in [2.24, 2.45) is 0 Å². The molecular weight excluding hydrogens is 406 g/mol. The van der Waals surface area contributed by atoms with Crippen molar-refractivity contribution < 1.29 is 22.4 Å². The molecule has 0 amide bonds. The van der Waals surface area contributed by atoms with Crippen LogP contribution in [0, 0.1) is 6.92 Å². The Balaban J connectivity index is 1.98. The summed E-state index contributed by atoms with van der Waals surface area (Å²) >= 11 is 1.10. The van der Waals surface area contributed by atoms with E-state index in [0.29, 0.717) is 26.4 Å². The number of hydrogen-bond donors (Lipinski definition) is 0. The van der Waals surface area contributed by atoms with Crippen LogP contribution in [0.25, 0.3) is 10.2 Å². The molecule has 28 heavy (non-hydrogen) atoms. The van der Waals surface area contributed by atoms with Crippen molar-refractivity contribution in [1.82, 2.24) is 13.9 Å². The Morgan fingerprint density at radius 2 is 2.07 bits per heavy atom. The maximum Gasteiger partial charge on any atom is 0.348 e. The Kier molecular flexibility index (Phi) is 5.41. The van der Waals surface area contributed by atoms with E-state index in [4.69, 9.17) is 9.15 Å². The summed E-state index contributed by atoms with van der Waals surface area (Å²) in [6, 6.07) is 2.84. The van der Waals surface area contributed by atoms with Crippen molar-refractivity contribution >= 4 is 37.5 Å². The van der Waals surface area contributed by atoms with Crippen LogP contribution in [0.3, 0.4) is 0 Å². The standard InChI is InChI=1S/C17H19N3O6S2/c1-5-25-17(22)14-10(2)13-15(27-14)18-9-20(16(13)21)8-11-6-7-12(26-11)28(23,24)19(3)4/h6-7,9H,5,8H2,1-4H3. The molecule has 0 unspecified atom stereocenters. The highest BCUT2D eigenvalue weighted by atomic mass is 32.2. The second-order valence-electron chi connectivity index (χ2n) is 6.14. The summed E-state index contributed by atoms with van der Waals surface area (Å²) in [5.41, 5.74) is 0.170. The highest BCUT2D eigenvalue weighted by Gasteiger charge is 2.23. The van der Waals surface area contributed by atoms with Crippen LogP contribution in [-0.4, -0.2) is 48.9 Å². The minimum atomic E-state index is -3.70. The lowest BCUT2D eigenvalue weighted by molar-refractivity contribution is 0.0531. The molecule has 0 aliphatic rings. The van der Waals surface area contributed by atoms with E-state index in [0.717, 1.165) is 15.6 Å². The van der Waals surface area contributed by atoms with E-state index >= 15 is 0 Å². The molecule has 0 saturated carbocycles. The van der Waals surface area contributed by atoms with Crippen molar-refractivity contribution in [2.75, 3.05) is 20.7 Å². The summed E-state index contributed by atoms with van der Waals surface area (Å²) in [6.45, 7) is 3.63. The van der Waals surface area contributed by atoms with Crippen LogP contribution in [0.15, 0.2) is 32.8 Å². The molecule has 0 aliphatic carbocycles. The normalized spacial score (nSPS) is 12.0. The van der Waals surface area contributed by atoms with Gasteiger partial charge in [-0.1, -0.05) is 0 Å². The molecule has 11 heteroatoms. The lowest BCUT2D eigenvalue weighted by Crippen LogP contribution is -2.22. The van der Waals surface area contributed by atoms with Crippen LogP contribution in [-0.2, 0) is 21.3 Å². The van der Waals surface area contributed by atoms with Crippen LogP contribution < -0.4 is 5.56 Å². The number of aryl methyl sites for hydroxylation is 1. The predicted molar refractivity (Wildman–Crippen MR) is 103 cm³/mol. The quantitative estimate of drug-likeness (QED) is 0.554. The van der Waals surface area contributed by atoms with Gasteiger partial charge in [-0.25, -0.2) is 22.5 Å². The molecule has 0 bridgehead atoms. The molecule has 0 fully saturated rings. The zero-order chi connectivity index (χ0) is 20.6. The largest absolute Gasteiger partial charge is 0.462 e. The minimum absolute atomic E-state index is 0.00868. The number of thiophene rings is 1. The molecule has 3 aromatic rings. The number of esters is 1. The van der Waals surface area contributed by atoms with Crippen molar-refractivity contribution in [1.29, 1.82) is 0 Å². The molecule has 150 valence electrons. The van der Waals surface area contributed by atoms with Crippen molar-refractivity contribution in [3.63, 3.8) is 0 Å². The van der Waals surface area contributed by atoms with Crippen molar-refractivity contribution in [3.8, 4) is 0 Å². The molecule has 0 atom stereocenters. The third-order valence-corrected chi connectivity index (χ3v) is 6.95. The molecule has 3 aromatic heterocycles. The number of carbonyl (C=O) groups is 1. The average molecular weight is 425 g/mol. The fourth-order valence-electron chi connectivity index (χ4n) is 2.59. The summed E-state index contributed by atoms with van der Waals surface area (Å²) in [4.78, 5) is 30.0. The number of hydrogen-bond acceptors (Lipinski definition) is 8. The van der Waals surface area contributed by atoms with Crippen molar-refractivity contribution in [2.45, 2.75) is 25.5 Å². The van der Waals surface area contributed by atoms with Gasteiger partial charge in [-0.15, -0.1) is 11.3 Å². The predicted octanol–water partition coefficient (Wildman–Crippen LogP) is 1.83. The van der Waals surface area contributed by atoms with Gasteiger partial charge in [-0.2, -0.15) is 0 Å². The lowest BCUT2D eigenvalue weighted by Gasteiger charge is -2.08. The second-order valence-corrected chi connectivity index (χ2v) is 9.22. The Morgan fingerprint density at radius 1 is 1.36 bits per heavy atom. The molecule has 9 nitrogen and oxygen atoms in total. The summed E-state index contributed by atoms with van der Waals surface area (Å²) in [6.07, 6.45) is 1.35. The molecule has 0 aliphatic heterocycles. The number of nitrogens with zero attached hydrogens (tertiary/aromatic N) is 3. The van der Waals surface area contributed by atoms with E-state index in [1.807, 2.05) is 0 Å². The van der Waals surface area contributed by atoms with E-state index in [-0.39, 0.29) is 23.8 Å². The van der Waals surface area contributed by atoms with Gasteiger partial charge in [0.05, 0.1) is 24.9 Å². The number of fused-ring (bicyclic) bond motifs is 1. The molecule has 0 spiro atoms. The molecule has 3 rings (SSSR count). The van der Waals surface area contributed by atoms with Gasteiger partial charge >= 0.3 is 5.97 Å². The Hall–Kier alpha value is -2.50. The fraction of sp³-hybridized carbons (Fsp3) is 0.353. The van der Waals surface area contributed by atoms with Gasteiger partial charge in [-0.3, -0.25) is 9.36 Å². The van der Waals surface area contributed by atoms with Crippen LogP contribution in [0.1, 0.15) is 27.9 Å². The van der Waals surface area contributed by atoms with Crippen LogP contribution >= 0.6 is 11.3 Å². The molecule has 0 aromatic carbocycles. The van der Waals surface area contributed by atoms with Gasteiger partial charge in [0.2, 0.25) is 5.09 Å². The highest BCUT2D eigenvalue weighted by Crippen LogP contribution is 2.27. The Morgan fingerprint density at radius 3 is 2.71 bits per heavy atom. The second kappa shape index (κ2) is 7.49. The first-order valence-electron chi connectivity index (χ1n) is 8.33. The van der Waals surface area contributed by atoms with Crippen LogP contribution in [0.5, 0.6) is 0 Å². The van der Waals surface area contributed by atoms with Crippen molar-refractivity contribution in [3.05, 3.63) is 45.0 Å². The van der Waals surface area contributed by atoms with Crippen LogP contribution in [0.2, 0.25) is 0 Å². The topological polar surface area (TPSA) is 112 Å². The first-order valence-corrected chi connectivity index (χ1v) is 10.6. The zero-order valence-electron chi connectivity index (χ0n) is 15.8. The molecule has 0 radical (unpaired) electrons. The molecule has 3 heterocycles. The van der Waals surface area contributed by atoms with Gasteiger partial charge in [0.15, 0.2) is 0 Å². The number of rotatable bonds is 6. The Bertz CT molecular complexity index is 1200. The third kappa shape index (κ3) is 3.48. The Labute approximate surface area is 165 Å². The summed E-state index contributed by atoms with van der Waals surface area (Å²) in [7, 11) is -0.891. The van der Waals surface area contributed by atoms with E-state index in [1.165, 1.54) is 37.1 Å². The van der Waals surface area contributed by atoms with Gasteiger partial charge in [-0.05, 0) is 31.5 Å². The van der Waals surface area contributed by atoms with E-state index < -0.39 is 16.0 Å². The molecular formula is C17H19N3O6S2.